The summed E-state index contributed by atoms with van der Waals surface area (Å²) in [6.45, 7) is 2.82. The van der Waals surface area contributed by atoms with Gasteiger partial charge in [0.05, 0.1) is 25.6 Å². The molecule has 2 aliphatic rings. The second-order valence-corrected chi connectivity index (χ2v) is 7.77. The van der Waals surface area contributed by atoms with Crippen molar-refractivity contribution in [2.24, 2.45) is 0 Å². The highest BCUT2D eigenvalue weighted by molar-refractivity contribution is 7.08. The summed E-state index contributed by atoms with van der Waals surface area (Å²) >= 11 is 1.68. The van der Waals surface area contributed by atoms with Crippen molar-refractivity contribution in [3.05, 3.63) is 22.4 Å². The molecule has 1 saturated heterocycles. The first kappa shape index (κ1) is 15.0. The molecule has 1 aliphatic carbocycles. The van der Waals surface area contributed by atoms with Gasteiger partial charge in [0.2, 0.25) is 6.73 Å². The molecule has 0 atom stereocenters. The van der Waals surface area contributed by atoms with Gasteiger partial charge in [-0.25, -0.2) is 0 Å². The lowest BCUT2D eigenvalue weighted by atomic mass is 9.80. The van der Waals surface area contributed by atoms with Gasteiger partial charge in [-0.1, -0.05) is 12.8 Å². The molecule has 0 unspecified atom stereocenters. The third kappa shape index (κ3) is 3.02. The van der Waals surface area contributed by atoms with Crippen LogP contribution < -0.4 is 0 Å². The van der Waals surface area contributed by atoms with Crippen LogP contribution in [0.4, 0.5) is 0 Å². The van der Waals surface area contributed by atoms with Crippen molar-refractivity contribution in [3.8, 4) is 0 Å². The zero-order valence-corrected chi connectivity index (χ0v) is 13.8. The maximum Gasteiger partial charge on any atom is 0.320 e. The van der Waals surface area contributed by atoms with Gasteiger partial charge in [-0.2, -0.15) is 11.3 Å². The number of carbonyl (C=O) groups excluding carboxylic acids is 1. The topological polar surface area (TPSA) is 26.3 Å². The fraction of sp³-hybridized carbons (Fsp3) is 0.706. The Labute approximate surface area is 131 Å². The van der Waals surface area contributed by atoms with Gasteiger partial charge in [-0.05, 0) is 54.5 Å². The van der Waals surface area contributed by atoms with Gasteiger partial charge < -0.3 is 4.74 Å². The molecule has 2 fully saturated rings. The number of likely N-dealkylation sites (tertiary alicyclic amines) is 1. The van der Waals surface area contributed by atoms with E-state index in [-0.39, 0.29) is 11.4 Å². The Kier molecular flexibility index (Phi) is 4.36. The molecule has 3 rings (SSSR count). The molecule has 116 valence electrons. The van der Waals surface area contributed by atoms with E-state index in [2.05, 4.69) is 23.9 Å². The zero-order valence-electron chi connectivity index (χ0n) is 13.0. The molecule has 0 amide bonds. The number of nitrogens with zero attached hydrogens (tertiary/aromatic N) is 1. The molecule has 4 heteroatoms. The van der Waals surface area contributed by atoms with Crippen LogP contribution in [0.3, 0.4) is 0 Å². The SMILES string of the molecule is C[N+]1(COC(=O)C2(c3ccsc3)CCCC2)CCCCC1. The highest BCUT2D eigenvalue weighted by atomic mass is 32.1. The van der Waals surface area contributed by atoms with Gasteiger partial charge in [-0.15, -0.1) is 0 Å². The van der Waals surface area contributed by atoms with Gasteiger partial charge in [0, 0.05) is 0 Å². The minimum atomic E-state index is -0.352. The predicted molar refractivity (Wildman–Crippen MR) is 85.2 cm³/mol. The number of rotatable bonds is 4. The maximum atomic E-state index is 12.8. The molecule has 0 bridgehead atoms. The van der Waals surface area contributed by atoms with Crippen LogP contribution in [-0.4, -0.2) is 37.3 Å². The first-order valence-corrected chi connectivity index (χ1v) is 9.12. The predicted octanol–water partition coefficient (Wildman–Crippen LogP) is 3.69. The summed E-state index contributed by atoms with van der Waals surface area (Å²) in [5, 5.41) is 4.20. The average molecular weight is 308 g/mol. The minimum Gasteiger partial charge on any atom is -0.414 e. The van der Waals surface area contributed by atoms with Crippen LogP contribution >= 0.6 is 11.3 Å². The van der Waals surface area contributed by atoms with Crippen molar-refractivity contribution < 1.29 is 14.0 Å². The van der Waals surface area contributed by atoms with Crippen molar-refractivity contribution >= 4 is 17.3 Å². The fourth-order valence-electron chi connectivity index (χ4n) is 3.88. The molecule has 0 spiro atoms. The number of piperidine rings is 1. The van der Waals surface area contributed by atoms with Crippen molar-refractivity contribution in [3.63, 3.8) is 0 Å². The molecule has 21 heavy (non-hydrogen) atoms. The molecule has 0 N–H and O–H groups in total. The van der Waals surface area contributed by atoms with E-state index in [9.17, 15) is 4.79 Å². The second-order valence-electron chi connectivity index (χ2n) is 6.99. The Morgan fingerprint density at radius 3 is 2.57 bits per heavy atom. The van der Waals surface area contributed by atoms with Crippen LogP contribution in [0.15, 0.2) is 16.8 Å². The number of hydrogen-bond acceptors (Lipinski definition) is 3. The number of thiophene rings is 1. The Morgan fingerprint density at radius 2 is 1.95 bits per heavy atom. The lowest BCUT2D eigenvalue weighted by Crippen LogP contribution is -2.51. The highest BCUT2D eigenvalue weighted by Crippen LogP contribution is 2.43. The van der Waals surface area contributed by atoms with E-state index in [0.717, 1.165) is 43.3 Å². The molecule has 1 aromatic heterocycles. The summed E-state index contributed by atoms with van der Waals surface area (Å²) in [4.78, 5) is 12.8. The molecule has 1 saturated carbocycles. The molecular formula is C17H26NO2S+. The second kappa shape index (κ2) is 6.09. The van der Waals surface area contributed by atoms with E-state index in [4.69, 9.17) is 4.74 Å². The standard InChI is InChI=1S/C17H26NO2S/c1-18(10-5-2-6-11-18)14-20-16(19)17(8-3-4-9-17)15-7-12-21-13-15/h7,12-13H,2-6,8-11,14H2,1H3/q+1. The van der Waals surface area contributed by atoms with Crippen LogP contribution in [0.1, 0.15) is 50.5 Å². The van der Waals surface area contributed by atoms with E-state index < -0.39 is 0 Å². The van der Waals surface area contributed by atoms with Crippen LogP contribution in [0, 0.1) is 0 Å². The van der Waals surface area contributed by atoms with Crippen molar-refractivity contribution in [2.75, 3.05) is 26.9 Å². The summed E-state index contributed by atoms with van der Waals surface area (Å²) < 4.78 is 6.73. The molecule has 2 heterocycles. The van der Waals surface area contributed by atoms with E-state index in [0.29, 0.717) is 6.73 Å². The highest BCUT2D eigenvalue weighted by Gasteiger charge is 2.45. The van der Waals surface area contributed by atoms with E-state index in [1.807, 2.05) is 0 Å². The van der Waals surface area contributed by atoms with E-state index in [1.54, 1.807) is 11.3 Å². The third-order valence-electron chi connectivity index (χ3n) is 5.32. The third-order valence-corrected chi connectivity index (χ3v) is 6.01. The smallest absolute Gasteiger partial charge is 0.320 e. The van der Waals surface area contributed by atoms with Gasteiger partial charge >= 0.3 is 5.97 Å². The fourth-order valence-corrected chi connectivity index (χ4v) is 4.64. The van der Waals surface area contributed by atoms with Crippen LogP contribution in [0.5, 0.6) is 0 Å². The number of esters is 1. The normalized spacial score (nSPS) is 23.9. The van der Waals surface area contributed by atoms with Crippen LogP contribution in [0.25, 0.3) is 0 Å². The summed E-state index contributed by atoms with van der Waals surface area (Å²) in [7, 11) is 2.22. The molecular weight excluding hydrogens is 282 g/mol. The molecule has 1 aromatic rings. The number of hydrogen-bond donors (Lipinski definition) is 0. The zero-order chi connectivity index (χ0) is 14.8. The molecule has 0 aromatic carbocycles. The summed E-state index contributed by atoms with van der Waals surface area (Å²) in [5.41, 5.74) is 0.825. The van der Waals surface area contributed by atoms with Gasteiger partial charge in [-0.3, -0.25) is 9.28 Å². The average Bonchev–Trinajstić information content (AvgIpc) is 3.17. The Balaban J connectivity index is 1.68. The largest absolute Gasteiger partial charge is 0.414 e. The van der Waals surface area contributed by atoms with Gasteiger partial charge in [0.25, 0.3) is 0 Å². The van der Waals surface area contributed by atoms with Gasteiger partial charge in [0.1, 0.15) is 0 Å². The van der Waals surface area contributed by atoms with Crippen LogP contribution in [-0.2, 0) is 14.9 Å². The van der Waals surface area contributed by atoms with Gasteiger partial charge in [0.15, 0.2) is 0 Å². The number of ether oxygens (including phenoxy) is 1. The lowest BCUT2D eigenvalue weighted by Gasteiger charge is -2.37. The first-order chi connectivity index (χ1) is 10.1. The molecule has 1 aliphatic heterocycles. The molecule has 3 nitrogen and oxygen atoms in total. The maximum absolute atomic E-state index is 12.8. The summed E-state index contributed by atoms with van der Waals surface area (Å²) in [6, 6.07) is 2.11. The van der Waals surface area contributed by atoms with Crippen molar-refractivity contribution in [1.29, 1.82) is 0 Å². The Hall–Kier alpha value is -0.870. The Bertz CT molecular complexity index is 471. The van der Waals surface area contributed by atoms with Crippen molar-refractivity contribution in [2.45, 2.75) is 50.4 Å². The number of carbonyl (C=O) groups is 1. The number of quaternary nitrogens is 1. The van der Waals surface area contributed by atoms with Crippen LogP contribution in [0.2, 0.25) is 0 Å². The summed E-state index contributed by atoms with van der Waals surface area (Å²) in [5.74, 6) is 0.0170. The first-order valence-electron chi connectivity index (χ1n) is 8.18. The van der Waals surface area contributed by atoms with Crippen molar-refractivity contribution in [1.82, 2.24) is 0 Å². The summed E-state index contributed by atoms with van der Waals surface area (Å²) in [6.07, 6.45) is 8.00. The van der Waals surface area contributed by atoms with E-state index in [1.165, 1.54) is 24.8 Å². The Morgan fingerprint density at radius 1 is 1.24 bits per heavy atom. The molecule has 0 radical (unpaired) electrons. The van der Waals surface area contributed by atoms with E-state index >= 15 is 0 Å². The minimum absolute atomic E-state index is 0.0170. The quantitative estimate of drug-likeness (QED) is 0.626. The monoisotopic (exact) mass is 308 g/mol. The lowest BCUT2D eigenvalue weighted by molar-refractivity contribution is -0.930.